The van der Waals surface area contributed by atoms with Gasteiger partial charge in [0, 0.05) is 5.56 Å². The molecule has 0 unspecified atom stereocenters. The third-order valence-corrected chi connectivity index (χ3v) is 4.18. The van der Waals surface area contributed by atoms with Gasteiger partial charge in [0.2, 0.25) is 0 Å². The quantitative estimate of drug-likeness (QED) is 0.893. The number of benzene rings is 2. The van der Waals surface area contributed by atoms with Gasteiger partial charge in [-0.3, -0.25) is 4.90 Å². The van der Waals surface area contributed by atoms with Crippen LogP contribution in [0.5, 0.6) is 5.75 Å². The molecule has 0 bridgehead atoms. The van der Waals surface area contributed by atoms with Gasteiger partial charge in [-0.25, -0.2) is 9.59 Å². The van der Waals surface area contributed by atoms with Crippen LogP contribution in [0.15, 0.2) is 60.7 Å². The summed E-state index contributed by atoms with van der Waals surface area (Å²) in [6.07, 6.45) is 0.895. The molecule has 26 heavy (non-hydrogen) atoms. The molecule has 1 amide bonds. The van der Waals surface area contributed by atoms with Crippen molar-refractivity contribution in [3.05, 3.63) is 71.8 Å². The van der Waals surface area contributed by atoms with Crippen molar-refractivity contribution in [1.82, 2.24) is 4.90 Å². The van der Waals surface area contributed by atoms with E-state index in [9.17, 15) is 14.7 Å². The Morgan fingerprint density at radius 3 is 2.50 bits per heavy atom. The Balaban J connectivity index is 1.76. The number of carboxylic acids is 1. The number of hydrogen-bond donors (Lipinski definition) is 1. The standard InChI is InChI=1S/C20H19NO5/c1-25-18-10-6-5-9-16(18)15-11-17(19(22)23)21(12-15)20(24)26-13-14-7-3-2-4-8-14/h2-11,17H,12-13H2,1H3,(H,22,23)/t17-/m0/s1. The second-order valence-electron chi connectivity index (χ2n) is 5.84. The smallest absolute Gasteiger partial charge is 0.411 e. The van der Waals surface area contributed by atoms with Crippen molar-refractivity contribution >= 4 is 17.6 Å². The highest BCUT2D eigenvalue weighted by Gasteiger charge is 2.36. The number of rotatable bonds is 5. The van der Waals surface area contributed by atoms with Crippen LogP contribution in [0.25, 0.3) is 5.57 Å². The zero-order chi connectivity index (χ0) is 18.5. The van der Waals surface area contributed by atoms with Gasteiger partial charge in [-0.2, -0.15) is 0 Å². The molecular formula is C20H19NO5. The molecular weight excluding hydrogens is 334 g/mol. The summed E-state index contributed by atoms with van der Waals surface area (Å²) in [7, 11) is 1.55. The minimum Gasteiger partial charge on any atom is -0.496 e. The second-order valence-corrected chi connectivity index (χ2v) is 5.84. The Labute approximate surface area is 151 Å². The summed E-state index contributed by atoms with van der Waals surface area (Å²) >= 11 is 0. The number of carbonyl (C=O) groups is 2. The van der Waals surface area contributed by atoms with Gasteiger partial charge in [-0.05, 0) is 23.3 Å². The largest absolute Gasteiger partial charge is 0.496 e. The third kappa shape index (κ3) is 3.69. The van der Waals surface area contributed by atoms with Crippen LogP contribution in [0.4, 0.5) is 4.79 Å². The van der Waals surface area contributed by atoms with Crippen LogP contribution in [0.2, 0.25) is 0 Å². The molecule has 1 N–H and O–H groups in total. The molecule has 0 saturated carbocycles. The molecule has 0 saturated heterocycles. The van der Waals surface area contributed by atoms with Crippen LogP contribution in [-0.4, -0.2) is 41.8 Å². The summed E-state index contributed by atoms with van der Waals surface area (Å²) in [5.74, 6) is -0.478. The van der Waals surface area contributed by atoms with E-state index in [2.05, 4.69) is 0 Å². The van der Waals surface area contributed by atoms with Crippen LogP contribution in [0.3, 0.4) is 0 Å². The summed E-state index contributed by atoms with van der Waals surface area (Å²) in [5, 5.41) is 9.48. The van der Waals surface area contributed by atoms with Crippen LogP contribution >= 0.6 is 0 Å². The number of nitrogens with zero attached hydrogens (tertiary/aromatic N) is 1. The molecule has 134 valence electrons. The Kier molecular flexibility index (Phi) is 5.22. The van der Waals surface area contributed by atoms with Crippen LogP contribution in [-0.2, 0) is 16.1 Å². The summed E-state index contributed by atoms with van der Waals surface area (Å²) in [6, 6.07) is 15.5. The number of methoxy groups -OCH3 is 1. The van der Waals surface area contributed by atoms with Crippen molar-refractivity contribution in [3.8, 4) is 5.75 Å². The van der Waals surface area contributed by atoms with E-state index in [1.807, 2.05) is 48.5 Å². The van der Waals surface area contributed by atoms with Gasteiger partial charge in [0.25, 0.3) is 0 Å². The normalized spacial score (nSPS) is 16.1. The fourth-order valence-electron chi connectivity index (χ4n) is 2.88. The molecule has 0 aliphatic carbocycles. The highest BCUT2D eigenvalue weighted by Crippen LogP contribution is 2.32. The molecule has 6 nitrogen and oxygen atoms in total. The van der Waals surface area contributed by atoms with Gasteiger partial charge in [-0.15, -0.1) is 0 Å². The molecule has 6 heteroatoms. The Morgan fingerprint density at radius 2 is 1.81 bits per heavy atom. The van der Waals surface area contributed by atoms with E-state index in [-0.39, 0.29) is 13.2 Å². The number of carbonyl (C=O) groups excluding carboxylic acids is 1. The zero-order valence-corrected chi connectivity index (χ0v) is 14.3. The molecule has 0 fully saturated rings. The third-order valence-electron chi connectivity index (χ3n) is 4.18. The molecule has 0 radical (unpaired) electrons. The molecule has 2 aromatic carbocycles. The maximum absolute atomic E-state index is 12.4. The van der Waals surface area contributed by atoms with Crippen molar-refractivity contribution in [2.75, 3.05) is 13.7 Å². The molecule has 2 aromatic rings. The van der Waals surface area contributed by atoms with Crippen molar-refractivity contribution in [3.63, 3.8) is 0 Å². The van der Waals surface area contributed by atoms with E-state index in [4.69, 9.17) is 9.47 Å². The predicted octanol–water partition coefficient (Wildman–Crippen LogP) is 3.18. The minimum atomic E-state index is -1.11. The number of ether oxygens (including phenoxy) is 2. The van der Waals surface area contributed by atoms with E-state index < -0.39 is 18.1 Å². The number of aliphatic carboxylic acids is 1. The topological polar surface area (TPSA) is 76.1 Å². The van der Waals surface area contributed by atoms with Crippen molar-refractivity contribution < 1.29 is 24.2 Å². The Morgan fingerprint density at radius 1 is 1.12 bits per heavy atom. The maximum Gasteiger partial charge on any atom is 0.411 e. The van der Waals surface area contributed by atoms with Gasteiger partial charge in [-0.1, -0.05) is 48.5 Å². The lowest BCUT2D eigenvalue weighted by Crippen LogP contribution is -2.41. The van der Waals surface area contributed by atoms with Gasteiger partial charge in [0.1, 0.15) is 12.4 Å². The lowest BCUT2D eigenvalue weighted by molar-refractivity contribution is -0.140. The number of hydrogen-bond acceptors (Lipinski definition) is 4. The summed E-state index contributed by atoms with van der Waals surface area (Å²) in [4.78, 5) is 25.2. The lowest BCUT2D eigenvalue weighted by Gasteiger charge is -2.21. The van der Waals surface area contributed by atoms with E-state index in [1.54, 1.807) is 19.3 Å². The Hall–Kier alpha value is -3.28. The van der Waals surface area contributed by atoms with Gasteiger partial charge < -0.3 is 14.6 Å². The minimum absolute atomic E-state index is 0.0898. The first-order valence-electron chi connectivity index (χ1n) is 8.14. The SMILES string of the molecule is COc1ccccc1C1=C[C@@H](C(=O)O)N(C(=O)OCc2ccccc2)C1. The average Bonchev–Trinajstić information content (AvgIpc) is 3.12. The van der Waals surface area contributed by atoms with Crippen LogP contribution < -0.4 is 4.74 Å². The van der Waals surface area contributed by atoms with Gasteiger partial charge in [0.05, 0.1) is 13.7 Å². The first-order chi connectivity index (χ1) is 12.6. The molecule has 3 rings (SSSR count). The molecule has 1 atom stereocenters. The zero-order valence-electron chi connectivity index (χ0n) is 14.3. The fraction of sp³-hybridized carbons (Fsp3) is 0.200. The van der Waals surface area contributed by atoms with Crippen LogP contribution in [0, 0.1) is 0 Å². The van der Waals surface area contributed by atoms with Gasteiger partial charge in [0.15, 0.2) is 6.04 Å². The molecule has 1 aliphatic heterocycles. The number of para-hydroxylation sites is 1. The Bertz CT molecular complexity index is 831. The average molecular weight is 353 g/mol. The van der Waals surface area contributed by atoms with Crippen molar-refractivity contribution in [2.45, 2.75) is 12.6 Å². The predicted molar refractivity (Wildman–Crippen MR) is 95.7 cm³/mol. The first kappa shape index (κ1) is 17.5. The van der Waals surface area contributed by atoms with Crippen molar-refractivity contribution in [2.24, 2.45) is 0 Å². The van der Waals surface area contributed by atoms with E-state index >= 15 is 0 Å². The first-order valence-corrected chi connectivity index (χ1v) is 8.14. The van der Waals surface area contributed by atoms with E-state index in [0.29, 0.717) is 11.3 Å². The molecule has 1 aliphatic rings. The molecule has 0 spiro atoms. The number of carboxylic acid groups (broad SMARTS) is 1. The highest BCUT2D eigenvalue weighted by atomic mass is 16.6. The molecule has 0 aromatic heterocycles. The molecule has 1 heterocycles. The summed E-state index contributed by atoms with van der Waals surface area (Å²) in [6.45, 7) is 0.234. The van der Waals surface area contributed by atoms with E-state index in [0.717, 1.165) is 11.1 Å². The maximum atomic E-state index is 12.4. The monoisotopic (exact) mass is 353 g/mol. The van der Waals surface area contributed by atoms with Crippen molar-refractivity contribution in [1.29, 1.82) is 0 Å². The number of amides is 1. The van der Waals surface area contributed by atoms with E-state index in [1.165, 1.54) is 4.90 Å². The second kappa shape index (κ2) is 7.74. The fourth-order valence-corrected chi connectivity index (χ4v) is 2.88. The van der Waals surface area contributed by atoms with Gasteiger partial charge >= 0.3 is 12.1 Å². The lowest BCUT2D eigenvalue weighted by atomic mass is 10.1. The summed E-state index contributed by atoms with van der Waals surface area (Å²) in [5.41, 5.74) is 2.32. The van der Waals surface area contributed by atoms with Crippen LogP contribution in [0.1, 0.15) is 11.1 Å². The summed E-state index contributed by atoms with van der Waals surface area (Å²) < 4.78 is 10.6. The highest BCUT2D eigenvalue weighted by molar-refractivity contribution is 5.90.